The van der Waals surface area contributed by atoms with Crippen molar-refractivity contribution in [2.75, 3.05) is 6.61 Å². The van der Waals surface area contributed by atoms with Gasteiger partial charge in [-0.15, -0.1) is 11.6 Å². The zero-order valence-electron chi connectivity index (χ0n) is 9.47. The van der Waals surface area contributed by atoms with E-state index in [9.17, 15) is 14.9 Å². The van der Waals surface area contributed by atoms with Gasteiger partial charge in [-0.3, -0.25) is 10.1 Å². The van der Waals surface area contributed by atoms with Crippen LogP contribution in [0.2, 0.25) is 0 Å². The van der Waals surface area contributed by atoms with Gasteiger partial charge in [0.25, 0.3) is 5.69 Å². The van der Waals surface area contributed by atoms with Gasteiger partial charge in [-0.05, 0) is 18.6 Å². The van der Waals surface area contributed by atoms with Gasteiger partial charge in [0.05, 0.1) is 17.1 Å². The molecule has 0 atom stereocenters. The molecule has 1 aromatic carbocycles. The number of alkyl halides is 1. The van der Waals surface area contributed by atoms with Gasteiger partial charge in [0.2, 0.25) is 0 Å². The molecule has 0 amide bonds. The number of benzene rings is 1. The van der Waals surface area contributed by atoms with Crippen LogP contribution in [-0.2, 0) is 10.6 Å². The average molecular weight is 269 g/mol. The molecular weight excluding hydrogens is 260 g/mol. The minimum absolute atomic E-state index is 0.0116. The Morgan fingerprint density at radius 1 is 1.61 bits per heavy atom. The number of nitro benzene ring substituents is 1. The largest absolute Gasteiger partial charge is 0.462 e. The number of rotatable bonds is 4. The normalized spacial score (nSPS) is 9.61. The molecule has 0 heterocycles. The zero-order chi connectivity index (χ0) is 13.7. The first kappa shape index (κ1) is 13.9. The molecule has 0 bridgehead atoms. The van der Waals surface area contributed by atoms with Crippen LogP contribution < -0.4 is 0 Å². The predicted octanol–water partition coefficient (Wildman–Crippen LogP) is 2.38. The van der Waals surface area contributed by atoms with E-state index in [1.54, 1.807) is 13.0 Å². The van der Waals surface area contributed by atoms with E-state index in [1.807, 2.05) is 0 Å². The standard InChI is InChI=1S/C11H9ClN2O4/c1-2-18-11(15)9-4-10(14(16)17)8(6-13)3-7(9)5-12/h3-4H,2,5H2,1H3. The second-order valence-electron chi connectivity index (χ2n) is 3.25. The minimum atomic E-state index is -0.723. The summed E-state index contributed by atoms with van der Waals surface area (Å²) in [5.74, 6) is -0.735. The summed E-state index contributed by atoms with van der Waals surface area (Å²) in [6, 6.07) is 3.95. The van der Waals surface area contributed by atoms with Crippen molar-refractivity contribution in [2.45, 2.75) is 12.8 Å². The van der Waals surface area contributed by atoms with Crippen molar-refractivity contribution in [3.8, 4) is 6.07 Å². The number of halogens is 1. The quantitative estimate of drug-likeness (QED) is 0.362. The van der Waals surface area contributed by atoms with Gasteiger partial charge in [0.15, 0.2) is 0 Å². The second-order valence-corrected chi connectivity index (χ2v) is 3.52. The molecule has 0 spiro atoms. The predicted molar refractivity (Wildman–Crippen MR) is 63.3 cm³/mol. The Bertz CT molecular complexity index is 537. The number of nitrogens with zero attached hydrogens (tertiary/aromatic N) is 2. The molecule has 0 aromatic heterocycles. The Morgan fingerprint density at radius 3 is 2.72 bits per heavy atom. The summed E-state index contributed by atoms with van der Waals surface area (Å²) in [7, 11) is 0. The van der Waals surface area contributed by atoms with Gasteiger partial charge in [-0.25, -0.2) is 4.79 Å². The highest BCUT2D eigenvalue weighted by molar-refractivity contribution is 6.17. The molecule has 0 aliphatic heterocycles. The van der Waals surface area contributed by atoms with Crippen LogP contribution in [0, 0.1) is 21.4 Å². The average Bonchev–Trinajstić information content (AvgIpc) is 2.37. The van der Waals surface area contributed by atoms with Crippen LogP contribution in [0.5, 0.6) is 0 Å². The van der Waals surface area contributed by atoms with E-state index in [2.05, 4.69) is 0 Å². The summed E-state index contributed by atoms with van der Waals surface area (Å²) >= 11 is 5.65. The molecule has 0 saturated heterocycles. The smallest absolute Gasteiger partial charge is 0.338 e. The van der Waals surface area contributed by atoms with Gasteiger partial charge in [0, 0.05) is 11.9 Å². The Balaban J connectivity index is 3.42. The summed E-state index contributed by atoms with van der Waals surface area (Å²) in [5.41, 5.74) is -0.229. The molecule has 94 valence electrons. The summed E-state index contributed by atoms with van der Waals surface area (Å²) < 4.78 is 4.78. The highest BCUT2D eigenvalue weighted by Crippen LogP contribution is 2.25. The van der Waals surface area contributed by atoms with Crippen molar-refractivity contribution in [1.29, 1.82) is 5.26 Å². The Kier molecular flexibility index (Phi) is 4.63. The van der Waals surface area contributed by atoms with Crippen molar-refractivity contribution in [3.05, 3.63) is 38.9 Å². The molecule has 18 heavy (non-hydrogen) atoms. The SMILES string of the molecule is CCOC(=O)c1cc([N+](=O)[O-])c(C#N)cc1CCl. The number of carbonyl (C=O) groups is 1. The minimum Gasteiger partial charge on any atom is -0.462 e. The van der Waals surface area contributed by atoms with E-state index in [1.165, 1.54) is 6.07 Å². The lowest BCUT2D eigenvalue weighted by Gasteiger charge is -2.07. The fourth-order valence-electron chi connectivity index (χ4n) is 1.38. The monoisotopic (exact) mass is 268 g/mol. The molecule has 1 rings (SSSR count). The molecule has 0 unspecified atom stereocenters. The molecule has 0 fully saturated rings. The maximum atomic E-state index is 11.6. The Morgan fingerprint density at radius 2 is 2.28 bits per heavy atom. The molecule has 0 aliphatic carbocycles. The highest BCUT2D eigenvalue weighted by Gasteiger charge is 2.22. The maximum Gasteiger partial charge on any atom is 0.338 e. The van der Waals surface area contributed by atoms with E-state index in [0.717, 1.165) is 6.07 Å². The van der Waals surface area contributed by atoms with Gasteiger partial charge in [0.1, 0.15) is 11.6 Å². The Hall–Kier alpha value is -2.13. The summed E-state index contributed by atoms with van der Waals surface area (Å²) in [5, 5.41) is 19.6. The molecule has 0 aliphatic rings. The maximum absolute atomic E-state index is 11.6. The van der Waals surface area contributed by atoms with Crippen molar-refractivity contribution < 1.29 is 14.5 Å². The van der Waals surface area contributed by atoms with Crippen LogP contribution in [0.3, 0.4) is 0 Å². The number of ether oxygens (including phenoxy) is 1. The van der Waals surface area contributed by atoms with Crippen molar-refractivity contribution in [2.24, 2.45) is 0 Å². The van der Waals surface area contributed by atoms with Crippen LogP contribution in [0.4, 0.5) is 5.69 Å². The summed E-state index contributed by atoms with van der Waals surface area (Å²) in [6.45, 7) is 1.77. The van der Waals surface area contributed by atoms with Gasteiger partial charge < -0.3 is 4.74 Å². The lowest BCUT2D eigenvalue weighted by atomic mass is 10.0. The van der Waals surface area contributed by atoms with Crippen LogP contribution in [0.1, 0.15) is 28.4 Å². The number of hydrogen-bond acceptors (Lipinski definition) is 5. The van der Waals surface area contributed by atoms with E-state index in [0.29, 0.717) is 5.56 Å². The van der Waals surface area contributed by atoms with Crippen molar-refractivity contribution in [3.63, 3.8) is 0 Å². The Labute approximate surface area is 108 Å². The highest BCUT2D eigenvalue weighted by atomic mass is 35.5. The van der Waals surface area contributed by atoms with Gasteiger partial charge in [-0.1, -0.05) is 0 Å². The first-order valence-electron chi connectivity index (χ1n) is 4.99. The second kappa shape index (κ2) is 5.98. The molecule has 0 saturated carbocycles. The summed E-state index contributed by atoms with van der Waals surface area (Å²) in [4.78, 5) is 21.7. The first-order chi connectivity index (χ1) is 8.54. The molecular formula is C11H9ClN2O4. The molecule has 7 heteroatoms. The lowest BCUT2D eigenvalue weighted by Crippen LogP contribution is -2.09. The van der Waals surface area contributed by atoms with E-state index >= 15 is 0 Å². The van der Waals surface area contributed by atoms with Crippen LogP contribution in [-0.4, -0.2) is 17.5 Å². The molecule has 1 aromatic rings. The third-order valence-electron chi connectivity index (χ3n) is 2.18. The van der Waals surface area contributed by atoms with E-state index < -0.39 is 16.6 Å². The third kappa shape index (κ3) is 2.76. The van der Waals surface area contributed by atoms with Gasteiger partial charge >= 0.3 is 5.97 Å². The topological polar surface area (TPSA) is 93.2 Å². The van der Waals surface area contributed by atoms with E-state index in [4.69, 9.17) is 21.6 Å². The van der Waals surface area contributed by atoms with Crippen LogP contribution >= 0.6 is 11.6 Å². The number of hydrogen-bond donors (Lipinski definition) is 0. The molecule has 0 radical (unpaired) electrons. The third-order valence-corrected chi connectivity index (χ3v) is 2.47. The molecule has 6 nitrogen and oxygen atoms in total. The van der Waals surface area contributed by atoms with Crippen molar-refractivity contribution in [1.82, 2.24) is 0 Å². The van der Waals surface area contributed by atoms with Gasteiger partial charge in [-0.2, -0.15) is 5.26 Å². The zero-order valence-corrected chi connectivity index (χ0v) is 10.2. The van der Waals surface area contributed by atoms with E-state index in [-0.39, 0.29) is 23.6 Å². The lowest BCUT2D eigenvalue weighted by molar-refractivity contribution is -0.385. The fourth-order valence-corrected chi connectivity index (χ4v) is 1.60. The molecule has 0 N–H and O–H groups in total. The van der Waals surface area contributed by atoms with Crippen LogP contribution in [0.15, 0.2) is 12.1 Å². The van der Waals surface area contributed by atoms with Crippen LogP contribution in [0.25, 0.3) is 0 Å². The van der Waals surface area contributed by atoms with Crippen molar-refractivity contribution >= 4 is 23.3 Å². The fraction of sp³-hybridized carbons (Fsp3) is 0.273. The number of carbonyl (C=O) groups excluding carboxylic acids is 1. The first-order valence-corrected chi connectivity index (χ1v) is 5.53. The number of nitriles is 1. The summed E-state index contributed by atoms with van der Waals surface area (Å²) in [6.07, 6.45) is 0. The number of nitro groups is 1. The number of esters is 1.